The Kier molecular flexibility index (Phi) is 12.2. The number of hydrogen-bond acceptors (Lipinski definition) is 3. The molecule has 0 aliphatic carbocycles. The standard InChI is InChI=1S/C21H26FNO2.2C2H6/c1-16-10-20(8-9-21(16)22)25-15-19-12-23(17(2)13-24-14-19)11-18-6-4-3-5-7-18;2*1-2/h3-10,17,19H,11-15H2,1-2H3;2*1-2H3. The third-order valence-corrected chi connectivity index (χ3v) is 4.67. The molecule has 4 heteroatoms. The quantitative estimate of drug-likeness (QED) is 0.602. The molecule has 2 aromatic carbocycles. The summed E-state index contributed by atoms with van der Waals surface area (Å²) in [7, 11) is 0. The minimum Gasteiger partial charge on any atom is -0.493 e. The summed E-state index contributed by atoms with van der Waals surface area (Å²) in [5, 5.41) is 0. The van der Waals surface area contributed by atoms with E-state index in [0.29, 0.717) is 36.5 Å². The lowest BCUT2D eigenvalue weighted by Gasteiger charge is -2.28. The summed E-state index contributed by atoms with van der Waals surface area (Å²) in [6.07, 6.45) is 0. The number of ether oxygens (including phenoxy) is 2. The molecule has 2 atom stereocenters. The largest absolute Gasteiger partial charge is 0.493 e. The van der Waals surface area contributed by atoms with E-state index in [9.17, 15) is 4.39 Å². The van der Waals surface area contributed by atoms with Crippen molar-refractivity contribution >= 4 is 0 Å². The molecule has 0 aromatic heterocycles. The molecule has 162 valence electrons. The Morgan fingerprint density at radius 1 is 1.03 bits per heavy atom. The molecule has 2 aromatic rings. The van der Waals surface area contributed by atoms with Crippen LogP contribution in [-0.2, 0) is 11.3 Å². The van der Waals surface area contributed by atoms with E-state index >= 15 is 0 Å². The molecular weight excluding hydrogens is 365 g/mol. The predicted molar refractivity (Wildman–Crippen MR) is 120 cm³/mol. The van der Waals surface area contributed by atoms with Crippen molar-refractivity contribution in [2.24, 2.45) is 5.92 Å². The smallest absolute Gasteiger partial charge is 0.126 e. The van der Waals surface area contributed by atoms with Crippen molar-refractivity contribution in [1.29, 1.82) is 0 Å². The van der Waals surface area contributed by atoms with E-state index < -0.39 is 0 Å². The average molecular weight is 404 g/mol. The SMILES string of the molecule is CC.CC.Cc1cc(OCC2COCC(C)N(Cc3ccccc3)C2)ccc1F. The van der Waals surface area contributed by atoms with Crippen LogP contribution in [-0.4, -0.2) is 37.3 Å². The summed E-state index contributed by atoms with van der Waals surface area (Å²) in [4.78, 5) is 2.45. The second kappa shape index (κ2) is 14.1. The molecule has 1 saturated heterocycles. The van der Waals surface area contributed by atoms with E-state index in [4.69, 9.17) is 9.47 Å². The minimum atomic E-state index is -0.201. The van der Waals surface area contributed by atoms with Crippen LogP contribution in [0.15, 0.2) is 48.5 Å². The molecule has 29 heavy (non-hydrogen) atoms. The zero-order chi connectivity index (χ0) is 21.6. The van der Waals surface area contributed by atoms with Gasteiger partial charge < -0.3 is 9.47 Å². The summed E-state index contributed by atoms with van der Waals surface area (Å²) in [6, 6.07) is 15.8. The van der Waals surface area contributed by atoms with Crippen molar-refractivity contribution in [2.45, 2.75) is 54.1 Å². The number of rotatable bonds is 5. The van der Waals surface area contributed by atoms with Crippen molar-refractivity contribution in [2.75, 3.05) is 26.4 Å². The first-order valence-corrected chi connectivity index (χ1v) is 10.9. The van der Waals surface area contributed by atoms with Crippen LogP contribution in [0.1, 0.15) is 45.7 Å². The van der Waals surface area contributed by atoms with Gasteiger partial charge in [-0.1, -0.05) is 58.0 Å². The van der Waals surface area contributed by atoms with Gasteiger partial charge in [-0.15, -0.1) is 0 Å². The number of hydrogen-bond donors (Lipinski definition) is 0. The Bertz CT molecular complexity index is 678. The predicted octanol–water partition coefficient (Wildman–Crippen LogP) is 6.10. The van der Waals surface area contributed by atoms with Crippen LogP contribution < -0.4 is 4.74 Å². The maximum absolute atomic E-state index is 13.4. The van der Waals surface area contributed by atoms with E-state index in [1.165, 1.54) is 11.6 Å². The molecule has 2 unspecified atom stereocenters. The third-order valence-electron chi connectivity index (χ3n) is 4.67. The molecule has 0 radical (unpaired) electrons. The fourth-order valence-corrected chi connectivity index (χ4v) is 3.14. The number of nitrogens with zero attached hydrogens (tertiary/aromatic N) is 1. The van der Waals surface area contributed by atoms with Gasteiger partial charge >= 0.3 is 0 Å². The monoisotopic (exact) mass is 403 g/mol. The van der Waals surface area contributed by atoms with Crippen LogP contribution in [0.2, 0.25) is 0 Å². The minimum absolute atomic E-state index is 0.201. The first kappa shape index (κ1) is 25.1. The van der Waals surface area contributed by atoms with E-state index in [-0.39, 0.29) is 5.82 Å². The lowest BCUT2D eigenvalue weighted by Crippen LogP contribution is -2.37. The fourth-order valence-electron chi connectivity index (χ4n) is 3.14. The lowest BCUT2D eigenvalue weighted by atomic mass is 10.1. The molecular formula is C25H38FNO2. The Morgan fingerprint density at radius 3 is 2.38 bits per heavy atom. The van der Waals surface area contributed by atoms with Crippen LogP contribution >= 0.6 is 0 Å². The Hall–Kier alpha value is -1.91. The normalized spacial score (nSPS) is 19.1. The van der Waals surface area contributed by atoms with Crippen molar-refractivity contribution in [3.63, 3.8) is 0 Å². The Morgan fingerprint density at radius 2 is 1.72 bits per heavy atom. The highest BCUT2D eigenvalue weighted by atomic mass is 19.1. The number of benzene rings is 2. The van der Waals surface area contributed by atoms with Gasteiger partial charge in [0, 0.05) is 25.0 Å². The number of aryl methyl sites for hydroxylation is 1. The van der Waals surface area contributed by atoms with Gasteiger partial charge in [0.25, 0.3) is 0 Å². The lowest BCUT2D eigenvalue weighted by molar-refractivity contribution is 0.0895. The summed E-state index contributed by atoms with van der Waals surface area (Å²) in [6.45, 7) is 15.8. The van der Waals surface area contributed by atoms with Crippen molar-refractivity contribution in [1.82, 2.24) is 4.90 Å². The van der Waals surface area contributed by atoms with Gasteiger partial charge in [-0.3, -0.25) is 4.90 Å². The van der Waals surface area contributed by atoms with E-state index in [1.807, 2.05) is 33.8 Å². The summed E-state index contributed by atoms with van der Waals surface area (Å²) in [5.74, 6) is 0.804. The van der Waals surface area contributed by atoms with Gasteiger partial charge in [-0.2, -0.15) is 0 Å². The molecule has 1 aliphatic heterocycles. The van der Waals surface area contributed by atoms with Crippen LogP contribution in [0, 0.1) is 18.7 Å². The highest BCUT2D eigenvalue weighted by Gasteiger charge is 2.24. The topological polar surface area (TPSA) is 21.7 Å². The Balaban J connectivity index is 0.000000989. The number of halogens is 1. The third kappa shape index (κ3) is 8.55. The second-order valence-electron chi connectivity index (χ2n) is 6.89. The maximum atomic E-state index is 13.4. The highest BCUT2D eigenvalue weighted by molar-refractivity contribution is 5.28. The van der Waals surface area contributed by atoms with E-state index in [2.05, 4.69) is 36.1 Å². The molecule has 0 saturated carbocycles. The average Bonchev–Trinajstić information content (AvgIpc) is 2.94. The molecule has 1 aliphatic rings. The van der Waals surface area contributed by atoms with Gasteiger partial charge in [-0.25, -0.2) is 4.39 Å². The van der Waals surface area contributed by atoms with Gasteiger partial charge in [0.1, 0.15) is 11.6 Å². The zero-order valence-electron chi connectivity index (χ0n) is 19.0. The van der Waals surface area contributed by atoms with Crippen LogP contribution in [0.25, 0.3) is 0 Å². The molecule has 0 spiro atoms. The highest BCUT2D eigenvalue weighted by Crippen LogP contribution is 2.19. The molecule has 1 fully saturated rings. The zero-order valence-corrected chi connectivity index (χ0v) is 19.0. The molecule has 1 heterocycles. The molecule has 0 N–H and O–H groups in total. The summed E-state index contributed by atoms with van der Waals surface area (Å²) >= 11 is 0. The van der Waals surface area contributed by atoms with Gasteiger partial charge in [0.15, 0.2) is 0 Å². The van der Waals surface area contributed by atoms with E-state index in [1.54, 1.807) is 19.1 Å². The maximum Gasteiger partial charge on any atom is 0.126 e. The molecule has 3 nitrogen and oxygen atoms in total. The fraction of sp³-hybridized carbons (Fsp3) is 0.520. The van der Waals surface area contributed by atoms with Crippen LogP contribution in [0.4, 0.5) is 4.39 Å². The van der Waals surface area contributed by atoms with Gasteiger partial charge in [0.2, 0.25) is 0 Å². The molecule has 0 bridgehead atoms. The summed E-state index contributed by atoms with van der Waals surface area (Å²) < 4.78 is 25.1. The van der Waals surface area contributed by atoms with Crippen LogP contribution in [0.5, 0.6) is 5.75 Å². The van der Waals surface area contributed by atoms with Gasteiger partial charge in [-0.05, 0) is 43.2 Å². The Labute approximate surface area is 176 Å². The van der Waals surface area contributed by atoms with Crippen molar-refractivity contribution in [3.8, 4) is 5.75 Å². The van der Waals surface area contributed by atoms with Gasteiger partial charge in [0.05, 0.1) is 19.8 Å². The van der Waals surface area contributed by atoms with E-state index in [0.717, 1.165) is 19.7 Å². The first-order valence-electron chi connectivity index (χ1n) is 10.9. The van der Waals surface area contributed by atoms with Crippen molar-refractivity contribution in [3.05, 3.63) is 65.5 Å². The summed E-state index contributed by atoms with van der Waals surface area (Å²) in [5.41, 5.74) is 1.92. The molecule has 0 amide bonds. The first-order chi connectivity index (χ1) is 14.1. The second-order valence-corrected chi connectivity index (χ2v) is 6.89. The molecule has 3 rings (SSSR count). The van der Waals surface area contributed by atoms with Crippen molar-refractivity contribution < 1.29 is 13.9 Å². The van der Waals surface area contributed by atoms with Crippen LogP contribution in [0.3, 0.4) is 0 Å².